The van der Waals surface area contributed by atoms with Gasteiger partial charge in [-0.3, -0.25) is 14.1 Å². The second-order valence-corrected chi connectivity index (χ2v) is 16.6. The molecule has 0 heterocycles. The zero-order chi connectivity index (χ0) is 38.2. The van der Waals surface area contributed by atoms with E-state index in [4.69, 9.17) is 19.3 Å². The summed E-state index contributed by atoms with van der Waals surface area (Å²) in [5, 5.41) is 0. The molecule has 0 aliphatic carbocycles. The first kappa shape index (κ1) is 51.0. The van der Waals surface area contributed by atoms with E-state index in [2.05, 4.69) is 18.4 Å². The molecule has 8 nitrogen and oxygen atoms in total. The molecule has 0 amide bonds. The maximum Gasteiger partial charge on any atom is 0.469 e. The van der Waals surface area contributed by atoms with E-state index in [1.54, 1.807) is 0 Å². The Hall–Kier alpha value is -0.950. The highest BCUT2D eigenvalue weighted by Crippen LogP contribution is 2.36. The summed E-state index contributed by atoms with van der Waals surface area (Å²) in [4.78, 5) is 42.9. The van der Waals surface area contributed by atoms with E-state index in [-0.39, 0.29) is 19.4 Å². The lowest BCUT2D eigenvalue weighted by Crippen LogP contribution is -2.29. The number of esters is 2. The van der Waals surface area contributed by atoms with E-state index < -0.39 is 32.5 Å². The van der Waals surface area contributed by atoms with Crippen molar-refractivity contribution in [1.82, 2.24) is 0 Å². The van der Waals surface area contributed by atoms with Crippen molar-refractivity contribution in [3.63, 3.8) is 0 Å². The minimum absolute atomic E-state index is 0.221. The van der Waals surface area contributed by atoms with Gasteiger partial charge in [0.2, 0.25) is 0 Å². The van der Waals surface area contributed by atoms with E-state index in [0.717, 1.165) is 32.1 Å². The fraction of sp³-hybridized carbons (Fsp3) is 0.953. The molecule has 52 heavy (non-hydrogen) atoms. The first-order valence-electron chi connectivity index (χ1n) is 22.3. The molecule has 0 unspecified atom stereocenters. The van der Waals surface area contributed by atoms with Crippen molar-refractivity contribution in [2.45, 2.75) is 251 Å². The second-order valence-electron chi connectivity index (χ2n) is 15.4. The van der Waals surface area contributed by atoms with Gasteiger partial charge in [-0.05, 0) is 12.8 Å². The largest absolute Gasteiger partial charge is 0.469 e. The van der Waals surface area contributed by atoms with Crippen LogP contribution in [0.25, 0.3) is 0 Å². The van der Waals surface area contributed by atoms with Crippen LogP contribution in [0.1, 0.15) is 245 Å². The van der Waals surface area contributed by atoms with Crippen LogP contribution in [0.2, 0.25) is 0 Å². The zero-order valence-electron chi connectivity index (χ0n) is 34.2. The Bertz CT molecular complexity index is 817. The summed E-state index contributed by atoms with van der Waals surface area (Å²) in [6.45, 7) is 3.73. The Morgan fingerprint density at radius 3 is 0.981 bits per heavy atom. The Labute approximate surface area is 321 Å². The summed E-state index contributed by atoms with van der Waals surface area (Å²) in [5.74, 6) is -0.865. The molecule has 0 saturated carbocycles. The smallest absolute Gasteiger partial charge is 0.462 e. The fourth-order valence-electron chi connectivity index (χ4n) is 6.79. The molecule has 0 aliphatic rings. The Balaban J connectivity index is 3.83. The number of carbonyl (C=O) groups is 2. The minimum Gasteiger partial charge on any atom is -0.462 e. The van der Waals surface area contributed by atoms with Crippen LogP contribution < -0.4 is 0 Å². The lowest BCUT2D eigenvalue weighted by molar-refractivity contribution is -0.161. The highest BCUT2D eigenvalue weighted by atomic mass is 31.2. The van der Waals surface area contributed by atoms with E-state index in [9.17, 15) is 14.2 Å². The second kappa shape index (κ2) is 39.7. The van der Waals surface area contributed by atoms with Gasteiger partial charge >= 0.3 is 19.8 Å². The van der Waals surface area contributed by atoms with Crippen LogP contribution in [0.4, 0.5) is 0 Å². The summed E-state index contributed by atoms with van der Waals surface area (Å²) >= 11 is 0. The number of hydrogen-bond acceptors (Lipinski definition) is 6. The van der Waals surface area contributed by atoms with E-state index in [1.807, 2.05) is 0 Å². The first-order chi connectivity index (χ1) is 25.3. The highest BCUT2D eigenvalue weighted by Gasteiger charge is 2.23. The van der Waals surface area contributed by atoms with Gasteiger partial charge in [0.15, 0.2) is 6.10 Å². The normalized spacial score (nSPS) is 12.3. The molecule has 0 bridgehead atoms. The number of hydrogen-bond donors (Lipinski definition) is 2. The minimum atomic E-state index is -4.75. The van der Waals surface area contributed by atoms with Gasteiger partial charge < -0.3 is 19.3 Å². The van der Waals surface area contributed by atoms with Gasteiger partial charge in [0, 0.05) is 12.8 Å². The predicted octanol–water partition coefficient (Wildman–Crippen LogP) is 13.6. The summed E-state index contributed by atoms with van der Waals surface area (Å²) in [6.07, 6.45) is 42.5. The molecule has 0 saturated heterocycles. The molecule has 0 aromatic carbocycles. The molecule has 0 aromatic rings. The number of ether oxygens (including phenoxy) is 2. The van der Waals surface area contributed by atoms with Crippen molar-refractivity contribution in [2.75, 3.05) is 13.2 Å². The molecule has 0 aromatic heterocycles. The topological polar surface area (TPSA) is 119 Å². The van der Waals surface area contributed by atoms with Gasteiger partial charge in [0.05, 0.1) is 6.61 Å². The van der Waals surface area contributed by atoms with Gasteiger partial charge in [0.1, 0.15) is 6.61 Å². The van der Waals surface area contributed by atoms with Crippen molar-refractivity contribution >= 4 is 19.8 Å². The number of unbranched alkanes of at least 4 members (excludes halogenated alkanes) is 32. The lowest BCUT2D eigenvalue weighted by Gasteiger charge is -2.18. The van der Waals surface area contributed by atoms with Crippen molar-refractivity contribution in [3.8, 4) is 0 Å². The molecule has 0 aliphatic heterocycles. The standard InChI is InChI=1S/C43H85O8P/c1-3-5-7-9-11-13-15-17-19-21-22-24-26-28-30-32-34-36-38-43(45)51-41(40-50-52(46,47)48)39-49-42(44)37-35-33-31-29-27-25-23-20-18-16-14-12-10-8-6-4-2/h41H,3-40H2,1-2H3,(H2,46,47,48)/t41-/m1/s1. The van der Waals surface area contributed by atoms with Crippen molar-refractivity contribution < 1.29 is 37.9 Å². The quantitative estimate of drug-likeness (QED) is 0.0358. The maximum absolute atomic E-state index is 12.4. The molecule has 310 valence electrons. The van der Waals surface area contributed by atoms with Gasteiger partial charge in [-0.15, -0.1) is 0 Å². The molecule has 0 radical (unpaired) electrons. The SMILES string of the molecule is CCCCCCCCCCCCCCCCCCCCC(=O)O[C@H](COC(=O)CCCCCCCCCCCCCCCCCC)COP(=O)(O)O. The molecule has 0 rings (SSSR count). The van der Waals surface area contributed by atoms with Crippen LogP contribution >= 0.6 is 7.82 Å². The maximum atomic E-state index is 12.4. The number of rotatable bonds is 42. The average Bonchev–Trinajstić information content (AvgIpc) is 3.11. The number of phosphoric acid groups is 1. The number of phosphoric ester groups is 1. The molecule has 0 spiro atoms. The molecule has 0 fully saturated rings. The third kappa shape index (κ3) is 41.8. The average molecular weight is 761 g/mol. The first-order valence-corrected chi connectivity index (χ1v) is 23.9. The van der Waals surface area contributed by atoms with Gasteiger partial charge in [-0.2, -0.15) is 0 Å². The molecule has 1 atom stereocenters. The van der Waals surface area contributed by atoms with E-state index in [0.29, 0.717) is 6.42 Å². The van der Waals surface area contributed by atoms with Crippen LogP contribution in [0.5, 0.6) is 0 Å². The zero-order valence-corrected chi connectivity index (χ0v) is 35.1. The fourth-order valence-corrected chi connectivity index (χ4v) is 7.15. The highest BCUT2D eigenvalue weighted by molar-refractivity contribution is 7.46. The molecular weight excluding hydrogens is 675 g/mol. The van der Waals surface area contributed by atoms with Crippen LogP contribution in [-0.2, 0) is 28.2 Å². The van der Waals surface area contributed by atoms with Crippen molar-refractivity contribution in [2.24, 2.45) is 0 Å². The third-order valence-electron chi connectivity index (χ3n) is 10.1. The lowest BCUT2D eigenvalue weighted by atomic mass is 10.0. The number of carbonyl (C=O) groups excluding carboxylic acids is 2. The van der Waals surface area contributed by atoms with Crippen LogP contribution in [0.15, 0.2) is 0 Å². The Morgan fingerprint density at radius 1 is 0.423 bits per heavy atom. The monoisotopic (exact) mass is 761 g/mol. The van der Waals surface area contributed by atoms with Crippen molar-refractivity contribution in [3.05, 3.63) is 0 Å². The summed E-state index contributed by atoms with van der Waals surface area (Å²) < 4.78 is 26.4. The Morgan fingerprint density at radius 2 is 0.692 bits per heavy atom. The van der Waals surface area contributed by atoms with Crippen LogP contribution in [-0.4, -0.2) is 41.0 Å². The third-order valence-corrected chi connectivity index (χ3v) is 10.6. The van der Waals surface area contributed by atoms with Gasteiger partial charge in [0.25, 0.3) is 0 Å². The summed E-state index contributed by atoms with van der Waals surface area (Å²) in [6, 6.07) is 0. The van der Waals surface area contributed by atoms with Crippen LogP contribution in [0, 0.1) is 0 Å². The summed E-state index contributed by atoms with van der Waals surface area (Å²) in [5.41, 5.74) is 0. The van der Waals surface area contributed by atoms with Gasteiger partial charge in [-0.25, -0.2) is 4.57 Å². The molecule has 9 heteroatoms. The van der Waals surface area contributed by atoms with E-state index >= 15 is 0 Å². The van der Waals surface area contributed by atoms with Gasteiger partial charge in [-0.1, -0.05) is 219 Å². The summed E-state index contributed by atoms with van der Waals surface area (Å²) in [7, 11) is -4.75. The predicted molar refractivity (Wildman–Crippen MR) is 216 cm³/mol. The molecule has 2 N–H and O–H groups in total. The van der Waals surface area contributed by atoms with Crippen molar-refractivity contribution in [1.29, 1.82) is 0 Å². The van der Waals surface area contributed by atoms with E-state index in [1.165, 1.54) is 180 Å². The Kier molecular flexibility index (Phi) is 39.0. The van der Waals surface area contributed by atoms with Crippen LogP contribution in [0.3, 0.4) is 0 Å². The molecular formula is C43H85O8P.